The summed E-state index contributed by atoms with van der Waals surface area (Å²) < 4.78 is 1.83. The number of nitrogens with zero attached hydrogens (tertiary/aromatic N) is 3. The van der Waals surface area contributed by atoms with Crippen molar-refractivity contribution in [3.63, 3.8) is 0 Å². The Morgan fingerprint density at radius 3 is 2.89 bits per heavy atom. The maximum Gasteiger partial charge on any atom is 0.224 e. The smallest absolute Gasteiger partial charge is 0.224 e. The molecule has 1 aliphatic rings. The number of carbonyl (C=O) groups is 1. The molecule has 2 rings (SSSR count). The normalized spacial score (nSPS) is 20.6. The highest BCUT2D eigenvalue weighted by atomic mass is 16.2. The lowest BCUT2D eigenvalue weighted by molar-refractivity contribution is -0.131. The minimum absolute atomic E-state index is 0.278. The van der Waals surface area contributed by atoms with E-state index in [-0.39, 0.29) is 5.91 Å². The lowest BCUT2D eigenvalue weighted by Gasteiger charge is -2.21. The second kappa shape index (κ2) is 6.73. The zero-order valence-corrected chi connectivity index (χ0v) is 12.1. The van der Waals surface area contributed by atoms with Gasteiger partial charge in [0.2, 0.25) is 5.91 Å². The predicted molar refractivity (Wildman–Crippen MR) is 75.6 cm³/mol. The van der Waals surface area contributed by atoms with Crippen molar-refractivity contribution >= 4 is 5.91 Å². The van der Waals surface area contributed by atoms with Gasteiger partial charge in [0.15, 0.2) is 0 Å². The number of amides is 1. The molecular weight excluding hydrogens is 238 g/mol. The van der Waals surface area contributed by atoms with Gasteiger partial charge in [-0.25, -0.2) is 0 Å². The highest BCUT2D eigenvalue weighted by molar-refractivity contribution is 5.76. The summed E-state index contributed by atoms with van der Waals surface area (Å²) in [5.74, 6) is 1.79. The largest absolute Gasteiger partial charge is 0.343 e. The van der Waals surface area contributed by atoms with Crippen LogP contribution < -0.4 is 0 Å². The Morgan fingerprint density at radius 2 is 2.21 bits per heavy atom. The molecule has 2 heterocycles. The van der Waals surface area contributed by atoms with Crippen molar-refractivity contribution in [3.8, 4) is 0 Å². The Bertz CT molecular complexity index is 386. The third-order valence-electron chi connectivity index (χ3n) is 4.18. The van der Waals surface area contributed by atoms with Crippen molar-refractivity contribution in [2.24, 2.45) is 11.8 Å². The number of likely N-dealkylation sites (tertiary alicyclic amines) is 1. The van der Waals surface area contributed by atoms with E-state index in [9.17, 15) is 4.79 Å². The van der Waals surface area contributed by atoms with E-state index in [1.54, 1.807) is 6.20 Å². The zero-order valence-electron chi connectivity index (χ0n) is 12.1. The number of aromatic nitrogens is 2. The molecule has 1 fully saturated rings. The summed E-state index contributed by atoms with van der Waals surface area (Å²) in [6.45, 7) is 7.14. The molecule has 1 aromatic rings. The number of rotatable bonds is 4. The maximum absolute atomic E-state index is 12.2. The number of hydrogen-bond acceptors (Lipinski definition) is 2. The van der Waals surface area contributed by atoms with E-state index in [1.807, 2.05) is 21.8 Å². The average molecular weight is 263 g/mol. The molecule has 1 amide bonds. The molecule has 0 aliphatic carbocycles. The van der Waals surface area contributed by atoms with Gasteiger partial charge in [0.05, 0.1) is 0 Å². The first-order chi connectivity index (χ1) is 9.16. The highest BCUT2D eigenvalue weighted by Crippen LogP contribution is 2.24. The van der Waals surface area contributed by atoms with Crippen LogP contribution in [0.25, 0.3) is 0 Å². The van der Waals surface area contributed by atoms with Crippen LogP contribution in [-0.4, -0.2) is 33.7 Å². The highest BCUT2D eigenvalue weighted by Gasteiger charge is 2.22. The van der Waals surface area contributed by atoms with Crippen LogP contribution in [0.5, 0.6) is 0 Å². The molecule has 1 saturated heterocycles. The summed E-state index contributed by atoms with van der Waals surface area (Å²) in [4.78, 5) is 14.3. The quantitative estimate of drug-likeness (QED) is 0.837. The molecule has 106 valence electrons. The topological polar surface area (TPSA) is 38.1 Å². The summed E-state index contributed by atoms with van der Waals surface area (Å²) in [7, 11) is 0. The number of aryl methyl sites for hydroxylation is 1. The monoisotopic (exact) mass is 263 g/mol. The van der Waals surface area contributed by atoms with Crippen molar-refractivity contribution in [1.29, 1.82) is 0 Å². The maximum atomic E-state index is 12.2. The fourth-order valence-corrected chi connectivity index (χ4v) is 2.84. The Balaban J connectivity index is 1.79. The third kappa shape index (κ3) is 4.08. The summed E-state index contributed by atoms with van der Waals surface area (Å²) in [5, 5.41) is 4.13. The molecule has 1 aromatic heterocycles. The van der Waals surface area contributed by atoms with Crippen LogP contribution in [0.2, 0.25) is 0 Å². The molecule has 1 aliphatic heterocycles. The molecule has 0 saturated carbocycles. The predicted octanol–water partition coefficient (Wildman–Crippen LogP) is 2.56. The molecule has 0 radical (unpaired) electrons. The zero-order chi connectivity index (χ0) is 13.7. The van der Waals surface area contributed by atoms with Crippen LogP contribution >= 0.6 is 0 Å². The Kier molecular flexibility index (Phi) is 5.00. The minimum Gasteiger partial charge on any atom is -0.343 e. The SMILES string of the molecule is CC(C)[C@@H]1CCCN(C(=O)CCn2cccn2)CC1. The molecule has 0 aromatic carbocycles. The Morgan fingerprint density at radius 1 is 1.37 bits per heavy atom. The Labute approximate surface area is 115 Å². The van der Waals surface area contributed by atoms with Gasteiger partial charge in [-0.2, -0.15) is 5.10 Å². The van der Waals surface area contributed by atoms with E-state index in [0.717, 1.165) is 37.8 Å². The van der Waals surface area contributed by atoms with Crippen LogP contribution in [0.1, 0.15) is 39.5 Å². The van der Waals surface area contributed by atoms with Crippen LogP contribution in [0, 0.1) is 11.8 Å². The fraction of sp³-hybridized carbons (Fsp3) is 0.733. The van der Waals surface area contributed by atoms with Crippen LogP contribution in [0.3, 0.4) is 0 Å². The number of carbonyl (C=O) groups excluding carboxylic acids is 1. The average Bonchev–Trinajstić information content (AvgIpc) is 2.77. The molecule has 4 nitrogen and oxygen atoms in total. The number of hydrogen-bond donors (Lipinski definition) is 0. The van der Waals surface area contributed by atoms with Gasteiger partial charge in [0.25, 0.3) is 0 Å². The van der Waals surface area contributed by atoms with Gasteiger partial charge in [-0.3, -0.25) is 9.48 Å². The van der Waals surface area contributed by atoms with Crippen LogP contribution in [0.15, 0.2) is 18.5 Å². The molecule has 0 spiro atoms. The third-order valence-corrected chi connectivity index (χ3v) is 4.18. The van der Waals surface area contributed by atoms with Gasteiger partial charge in [0, 0.05) is 38.4 Å². The van der Waals surface area contributed by atoms with Gasteiger partial charge in [-0.05, 0) is 37.2 Å². The van der Waals surface area contributed by atoms with Crippen molar-refractivity contribution in [2.75, 3.05) is 13.1 Å². The van der Waals surface area contributed by atoms with Crippen molar-refractivity contribution in [1.82, 2.24) is 14.7 Å². The molecule has 1 atom stereocenters. The molecule has 19 heavy (non-hydrogen) atoms. The molecule has 0 unspecified atom stereocenters. The minimum atomic E-state index is 0.278. The second-order valence-corrected chi connectivity index (χ2v) is 5.83. The standard InChI is InChI=1S/C15H25N3O/c1-13(2)14-5-3-9-17(11-6-14)15(19)7-12-18-10-4-8-16-18/h4,8,10,13-14H,3,5-7,9,11-12H2,1-2H3/t14-/m1/s1. The lowest BCUT2D eigenvalue weighted by Crippen LogP contribution is -2.32. The fourth-order valence-electron chi connectivity index (χ4n) is 2.84. The van der Waals surface area contributed by atoms with Gasteiger partial charge in [0.1, 0.15) is 0 Å². The van der Waals surface area contributed by atoms with E-state index < -0.39 is 0 Å². The molecule has 4 heteroatoms. The summed E-state index contributed by atoms with van der Waals surface area (Å²) in [6, 6.07) is 1.89. The first-order valence-electron chi connectivity index (χ1n) is 7.42. The summed E-state index contributed by atoms with van der Waals surface area (Å²) >= 11 is 0. The van der Waals surface area contributed by atoms with Crippen LogP contribution in [0.4, 0.5) is 0 Å². The van der Waals surface area contributed by atoms with Crippen molar-refractivity contribution in [3.05, 3.63) is 18.5 Å². The molecular formula is C15H25N3O. The van der Waals surface area contributed by atoms with E-state index in [2.05, 4.69) is 18.9 Å². The van der Waals surface area contributed by atoms with E-state index >= 15 is 0 Å². The lowest BCUT2D eigenvalue weighted by atomic mass is 9.89. The molecule has 0 N–H and O–H groups in total. The van der Waals surface area contributed by atoms with Crippen molar-refractivity contribution in [2.45, 2.75) is 46.1 Å². The van der Waals surface area contributed by atoms with Crippen molar-refractivity contribution < 1.29 is 4.79 Å². The van der Waals surface area contributed by atoms with Gasteiger partial charge >= 0.3 is 0 Å². The van der Waals surface area contributed by atoms with E-state index in [1.165, 1.54) is 6.42 Å². The summed E-state index contributed by atoms with van der Waals surface area (Å²) in [5.41, 5.74) is 0. The van der Waals surface area contributed by atoms with Gasteiger partial charge in [-0.1, -0.05) is 13.8 Å². The summed E-state index contributed by atoms with van der Waals surface area (Å²) in [6.07, 6.45) is 7.80. The Hall–Kier alpha value is -1.32. The first-order valence-corrected chi connectivity index (χ1v) is 7.42. The van der Waals surface area contributed by atoms with Gasteiger partial charge in [-0.15, -0.1) is 0 Å². The van der Waals surface area contributed by atoms with Crippen LogP contribution in [-0.2, 0) is 11.3 Å². The second-order valence-electron chi connectivity index (χ2n) is 5.83. The molecule has 0 bridgehead atoms. The van der Waals surface area contributed by atoms with E-state index in [4.69, 9.17) is 0 Å². The first kappa shape index (κ1) is 14.1. The van der Waals surface area contributed by atoms with Gasteiger partial charge < -0.3 is 4.90 Å². The van der Waals surface area contributed by atoms with E-state index in [0.29, 0.717) is 13.0 Å².